The van der Waals surface area contributed by atoms with Gasteiger partial charge in [-0.25, -0.2) is 4.98 Å². The molecule has 3 rings (SSSR count). The lowest BCUT2D eigenvalue weighted by atomic mass is 10.2. The van der Waals surface area contributed by atoms with E-state index in [0.717, 1.165) is 22.7 Å². The molecular weight excluding hydrogens is 248 g/mol. The van der Waals surface area contributed by atoms with Gasteiger partial charge in [0.05, 0.1) is 23.3 Å². The molecule has 0 aliphatic rings. The Morgan fingerprint density at radius 3 is 2.75 bits per heavy atom. The Bertz CT molecular complexity index is 771. The number of hydrogen-bond acceptors (Lipinski definition) is 3. The van der Waals surface area contributed by atoms with Gasteiger partial charge in [0.25, 0.3) is 0 Å². The third-order valence-corrected chi connectivity index (χ3v) is 3.27. The number of rotatable bonds is 3. The van der Waals surface area contributed by atoms with E-state index >= 15 is 0 Å². The van der Waals surface area contributed by atoms with Crippen molar-refractivity contribution in [2.45, 2.75) is 13.8 Å². The average molecular weight is 264 g/mol. The molecule has 0 fully saturated rings. The number of aryl methyl sites for hydroxylation is 2. The summed E-state index contributed by atoms with van der Waals surface area (Å²) in [5.74, 6) is 0. The minimum Gasteiger partial charge on any atom is -0.298 e. The lowest BCUT2D eigenvalue weighted by Gasteiger charge is -2.03. The van der Waals surface area contributed by atoms with Crippen LogP contribution >= 0.6 is 0 Å². The highest BCUT2D eigenvalue weighted by molar-refractivity contribution is 5.81. The first-order valence-corrected chi connectivity index (χ1v) is 6.54. The van der Waals surface area contributed by atoms with Gasteiger partial charge in [-0.3, -0.25) is 9.83 Å². The number of aromatic nitrogens is 2. The van der Waals surface area contributed by atoms with E-state index in [0.29, 0.717) is 0 Å². The molecule has 4 heteroatoms. The highest BCUT2D eigenvalue weighted by Gasteiger charge is 2.05. The van der Waals surface area contributed by atoms with Gasteiger partial charge in [-0.05, 0) is 37.6 Å². The van der Waals surface area contributed by atoms with Gasteiger partial charge < -0.3 is 0 Å². The van der Waals surface area contributed by atoms with Gasteiger partial charge in [0.1, 0.15) is 5.65 Å². The van der Waals surface area contributed by atoms with E-state index in [-0.39, 0.29) is 0 Å². The SMILES string of the molecule is Cc1ccccc1N/N=C/c1c(C)nc2ccccn12. The molecule has 3 aromatic rings. The zero-order valence-corrected chi connectivity index (χ0v) is 11.5. The van der Waals surface area contributed by atoms with E-state index in [4.69, 9.17) is 0 Å². The number of hydrogen-bond donors (Lipinski definition) is 1. The molecular formula is C16H16N4. The van der Waals surface area contributed by atoms with Crippen molar-refractivity contribution < 1.29 is 0 Å². The maximum atomic E-state index is 4.50. The van der Waals surface area contributed by atoms with Crippen LogP contribution in [0.15, 0.2) is 53.8 Å². The quantitative estimate of drug-likeness (QED) is 0.582. The van der Waals surface area contributed by atoms with E-state index in [1.165, 1.54) is 5.56 Å². The summed E-state index contributed by atoms with van der Waals surface area (Å²) in [5.41, 5.74) is 8.13. The van der Waals surface area contributed by atoms with Crippen LogP contribution < -0.4 is 5.43 Å². The van der Waals surface area contributed by atoms with Crippen molar-refractivity contribution in [2.75, 3.05) is 5.43 Å². The number of hydrazone groups is 1. The van der Waals surface area contributed by atoms with Crippen LogP contribution in [0.1, 0.15) is 17.0 Å². The summed E-state index contributed by atoms with van der Waals surface area (Å²) in [4.78, 5) is 4.50. The minimum absolute atomic E-state index is 0.933. The molecule has 0 atom stereocenters. The van der Waals surface area contributed by atoms with Crippen LogP contribution in [0.5, 0.6) is 0 Å². The van der Waals surface area contributed by atoms with Crippen LogP contribution in [0.25, 0.3) is 5.65 Å². The molecule has 0 bridgehead atoms. The number of imidazole rings is 1. The number of nitrogens with zero attached hydrogens (tertiary/aromatic N) is 3. The Balaban J connectivity index is 1.88. The van der Waals surface area contributed by atoms with Gasteiger partial charge in [0.2, 0.25) is 0 Å². The van der Waals surface area contributed by atoms with Crippen LogP contribution in [0, 0.1) is 13.8 Å². The average Bonchev–Trinajstić information content (AvgIpc) is 2.77. The molecule has 0 spiro atoms. The fourth-order valence-corrected chi connectivity index (χ4v) is 2.15. The predicted octanol–water partition coefficient (Wildman–Crippen LogP) is 3.40. The molecule has 2 heterocycles. The van der Waals surface area contributed by atoms with E-state index in [1.54, 1.807) is 0 Å². The van der Waals surface area contributed by atoms with E-state index in [9.17, 15) is 0 Å². The fourth-order valence-electron chi connectivity index (χ4n) is 2.15. The Labute approximate surface area is 117 Å². The van der Waals surface area contributed by atoms with Crippen molar-refractivity contribution in [1.29, 1.82) is 0 Å². The number of nitrogens with one attached hydrogen (secondary N) is 1. The molecule has 1 aromatic carbocycles. The smallest absolute Gasteiger partial charge is 0.137 e. The molecule has 4 nitrogen and oxygen atoms in total. The number of fused-ring (bicyclic) bond motifs is 1. The van der Waals surface area contributed by atoms with E-state index in [1.807, 2.05) is 60.1 Å². The maximum Gasteiger partial charge on any atom is 0.137 e. The molecule has 0 aliphatic heterocycles. The van der Waals surface area contributed by atoms with Crippen molar-refractivity contribution in [3.05, 3.63) is 65.6 Å². The molecule has 1 N–H and O–H groups in total. The lowest BCUT2D eigenvalue weighted by molar-refractivity contribution is 1.16. The summed E-state index contributed by atoms with van der Waals surface area (Å²) in [7, 11) is 0. The summed E-state index contributed by atoms with van der Waals surface area (Å²) < 4.78 is 2.03. The van der Waals surface area contributed by atoms with Crippen molar-refractivity contribution in [2.24, 2.45) is 5.10 Å². The van der Waals surface area contributed by atoms with Crippen LogP contribution in [0.4, 0.5) is 5.69 Å². The first-order chi connectivity index (χ1) is 9.75. The molecule has 0 radical (unpaired) electrons. The van der Waals surface area contributed by atoms with Gasteiger partial charge in [-0.2, -0.15) is 5.10 Å². The Hall–Kier alpha value is -2.62. The molecule has 0 saturated carbocycles. The monoisotopic (exact) mass is 264 g/mol. The Morgan fingerprint density at radius 1 is 1.10 bits per heavy atom. The molecule has 0 saturated heterocycles. The minimum atomic E-state index is 0.933. The number of para-hydroxylation sites is 1. The maximum absolute atomic E-state index is 4.50. The summed E-state index contributed by atoms with van der Waals surface area (Å²) in [6.07, 6.45) is 3.80. The first-order valence-electron chi connectivity index (χ1n) is 6.54. The summed E-state index contributed by atoms with van der Waals surface area (Å²) in [6.45, 7) is 4.04. The molecule has 2 aromatic heterocycles. The highest BCUT2D eigenvalue weighted by atomic mass is 15.3. The summed E-state index contributed by atoms with van der Waals surface area (Å²) >= 11 is 0. The highest BCUT2D eigenvalue weighted by Crippen LogP contribution is 2.13. The second kappa shape index (κ2) is 5.17. The van der Waals surface area contributed by atoms with Gasteiger partial charge in [0.15, 0.2) is 0 Å². The van der Waals surface area contributed by atoms with E-state index < -0.39 is 0 Å². The van der Waals surface area contributed by atoms with Crippen LogP contribution in [0.3, 0.4) is 0 Å². The third kappa shape index (κ3) is 2.28. The summed E-state index contributed by atoms with van der Waals surface area (Å²) in [6, 6.07) is 14.0. The van der Waals surface area contributed by atoms with Crippen molar-refractivity contribution in [1.82, 2.24) is 9.38 Å². The van der Waals surface area contributed by atoms with Crippen LogP contribution in [-0.4, -0.2) is 15.6 Å². The Morgan fingerprint density at radius 2 is 1.90 bits per heavy atom. The largest absolute Gasteiger partial charge is 0.298 e. The molecule has 100 valence electrons. The molecule has 0 aliphatic carbocycles. The topological polar surface area (TPSA) is 41.7 Å². The predicted molar refractivity (Wildman–Crippen MR) is 82.3 cm³/mol. The third-order valence-electron chi connectivity index (χ3n) is 3.27. The van der Waals surface area contributed by atoms with Gasteiger partial charge >= 0.3 is 0 Å². The lowest BCUT2D eigenvalue weighted by Crippen LogP contribution is -1.96. The molecule has 0 amide bonds. The normalized spacial score (nSPS) is 11.3. The van der Waals surface area contributed by atoms with Gasteiger partial charge in [0, 0.05) is 6.20 Å². The van der Waals surface area contributed by atoms with Gasteiger partial charge in [-0.15, -0.1) is 0 Å². The van der Waals surface area contributed by atoms with Crippen molar-refractivity contribution in [3.8, 4) is 0 Å². The van der Waals surface area contributed by atoms with Crippen molar-refractivity contribution in [3.63, 3.8) is 0 Å². The fraction of sp³-hybridized carbons (Fsp3) is 0.125. The molecule has 20 heavy (non-hydrogen) atoms. The van der Waals surface area contributed by atoms with Crippen LogP contribution in [0.2, 0.25) is 0 Å². The van der Waals surface area contributed by atoms with Gasteiger partial charge in [-0.1, -0.05) is 24.3 Å². The molecule has 0 unspecified atom stereocenters. The summed E-state index contributed by atoms with van der Waals surface area (Å²) in [5, 5.41) is 4.32. The first kappa shape index (κ1) is 12.4. The zero-order valence-electron chi connectivity index (χ0n) is 11.5. The second-order valence-corrected chi connectivity index (χ2v) is 4.70. The van der Waals surface area contributed by atoms with E-state index in [2.05, 4.69) is 28.5 Å². The standard InChI is InChI=1S/C16H16N4/c1-12-7-3-4-8-14(12)19-17-11-15-13(2)18-16-9-5-6-10-20(15)16/h3-11,19H,1-2H3/b17-11+. The Kier molecular flexibility index (Phi) is 3.21. The number of pyridine rings is 1. The number of benzene rings is 1. The number of anilines is 1. The van der Waals surface area contributed by atoms with Crippen LogP contribution in [-0.2, 0) is 0 Å². The zero-order chi connectivity index (χ0) is 13.9. The van der Waals surface area contributed by atoms with Crippen molar-refractivity contribution >= 4 is 17.5 Å². The second-order valence-electron chi connectivity index (χ2n) is 4.70.